The summed E-state index contributed by atoms with van der Waals surface area (Å²) in [7, 11) is 0. The smallest absolute Gasteiger partial charge is 0.309 e. The van der Waals surface area contributed by atoms with Crippen molar-refractivity contribution in [2.24, 2.45) is 5.92 Å². The van der Waals surface area contributed by atoms with Crippen LogP contribution in [0.3, 0.4) is 0 Å². The van der Waals surface area contributed by atoms with Crippen molar-refractivity contribution in [1.29, 1.82) is 0 Å². The lowest BCUT2D eigenvalue weighted by Gasteiger charge is -2.27. The van der Waals surface area contributed by atoms with Gasteiger partial charge in [-0.25, -0.2) is 0 Å². The molecule has 1 amide bonds. The molecule has 1 aliphatic rings. The van der Waals surface area contributed by atoms with Crippen LogP contribution in [0, 0.1) is 5.92 Å². The summed E-state index contributed by atoms with van der Waals surface area (Å²) < 4.78 is 15.2. The van der Waals surface area contributed by atoms with Crippen molar-refractivity contribution >= 4 is 17.8 Å². The Labute approximate surface area is 124 Å². The van der Waals surface area contributed by atoms with E-state index in [1.54, 1.807) is 18.7 Å². The molecule has 0 aromatic heterocycles. The van der Waals surface area contributed by atoms with Crippen LogP contribution in [0.2, 0.25) is 0 Å². The zero-order chi connectivity index (χ0) is 15.8. The normalized spacial score (nSPS) is 16.5. The molecule has 1 unspecified atom stereocenters. The van der Waals surface area contributed by atoms with E-state index in [4.69, 9.17) is 14.2 Å². The van der Waals surface area contributed by atoms with Crippen molar-refractivity contribution in [3.8, 4) is 0 Å². The largest absolute Gasteiger partial charge is 0.425 e. The number of rotatable bonds is 6. The molecule has 0 bridgehead atoms. The van der Waals surface area contributed by atoms with E-state index in [1.807, 2.05) is 0 Å². The number of ether oxygens (including phenoxy) is 3. The van der Waals surface area contributed by atoms with Crippen LogP contribution < -0.4 is 0 Å². The van der Waals surface area contributed by atoms with Crippen LogP contribution >= 0.6 is 0 Å². The maximum atomic E-state index is 11.9. The summed E-state index contributed by atoms with van der Waals surface area (Å²) in [5.41, 5.74) is 0. The number of carbonyl (C=O) groups excluding carboxylic acids is 3. The summed E-state index contributed by atoms with van der Waals surface area (Å²) >= 11 is 0. The SMILES string of the molecule is CC(=O)OC(OC(=O)CCC(=O)N1CCOCC1)C(C)C. The van der Waals surface area contributed by atoms with Gasteiger partial charge in [0, 0.05) is 32.4 Å². The number of carbonyl (C=O) groups is 3. The van der Waals surface area contributed by atoms with Crippen molar-refractivity contribution in [3.05, 3.63) is 0 Å². The van der Waals surface area contributed by atoms with E-state index >= 15 is 0 Å². The van der Waals surface area contributed by atoms with E-state index in [-0.39, 0.29) is 24.7 Å². The van der Waals surface area contributed by atoms with Crippen molar-refractivity contribution in [1.82, 2.24) is 4.90 Å². The van der Waals surface area contributed by atoms with E-state index in [0.717, 1.165) is 0 Å². The molecule has 1 heterocycles. The minimum Gasteiger partial charge on any atom is -0.425 e. The minimum atomic E-state index is -0.909. The van der Waals surface area contributed by atoms with Crippen LogP contribution in [0.25, 0.3) is 0 Å². The molecule has 0 aromatic rings. The first-order chi connectivity index (χ1) is 9.90. The van der Waals surface area contributed by atoms with E-state index in [1.165, 1.54) is 6.92 Å². The number of morpholine rings is 1. The number of esters is 2. The summed E-state index contributed by atoms with van der Waals surface area (Å²) in [6, 6.07) is 0. The predicted molar refractivity (Wildman–Crippen MR) is 73.1 cm³/mol. The zero-order valence-corrected chi connectivity index (χ0v) is 12.8. The van der Waals surface area contributed by atoms with E-state index in [9.17, 15) is 14.4 Å². The molecular weight excluding hydrogens is 278 g/mol. The molecule has 0 spiro atoms. The van der Waals surface area contributed by atoms with Gasteiger partial charge < -0.3 is 19.1 Å². The highest BCUT2D eigenvalue weighted by Crippen LogP contribution is 2.11. The molecule has 0 aromatic carbocycles. The van der Waals surface area contributed by atoms with E-state index in [0.29, 0.717) is 26.3 Å². The summed E-state index contributed by atoms with van der Waals surface area (Å²) in [4.78, 5) is 36.2. The molecule has 7 nitrogen and oxygen atoms in total. The molecule has 1 saturated heterocycles. The summed E-state index contributed by atoms with van der Waals surface area (Å²) in [6.45, 7) is 6.97. The summed E-state index contributed by atoms with van der Waals surface area (Å²) in [5.74, 6) is -1.29. The highest BCUT2D eigenvalue weighted by Gasteiger charge is 2.23. The van der Waals surface area contributed by atoms with Gasteiger partial charge in [-0.05, 0) is 0 Å². The van der Waals surface area contributed by atoms with Crippen LogP contribution in [0.15, 0.2) is 0 Å². The van der Waals surface area contributed by atoms with E-state index in [2.05, 4.69) is 0 Å². The molecule has 1 fully saturated rings. The third-order valence-electron chi connectivity index (χ3n) is 2.98. The first kappa shape index (κ1) is 17.4. The van der Waals surface area contributed by atoms with Gasteiger partial charge in [-0.1, -0.05) is 13.8 Å². The van der Waals surface area contributed by atoms with Crippen LogP contribution in [-0.4, -0.2) is 55.3 Å². The van der Waals surface area contributed by atoms with Crippen LogP contribution in [-0.2, 0) is 28.6 Å². The summed E-state index contributed by atoms with van der Waals surface area (Å²) in [6.07, 6.45) is -0.849. The Hall–Kier alpha value is -1.63. The molecule has 1 aliphatic heterocycles. The monoisotopic (exact) mass is 301 g/mol. The molecule has 0 saturated carbocycles. The van der Waals surface area contributed by atoms with Crippen LogP contribution in [0.5, 0.6) is 0 Å². The lowest BCUT2D eigenvalue weighted by molar-refractivity contribution is -0.194. The molecule has 21 heavy (non-hydrogen) atoms. The molecule has 0 N–H and O–H groups in total. The lowest BCUT2D eigenvalue weighted by Crippen LogP contribution is -2.40. The topological polar surface area (TPSA) is 82.1 Å². The Bertz CT molecular complexity index is 376. The van der Waals surface area contributed by atoms with Gasteiger partial charge in [0.15, 0.2) is 0 Å². The molecule has 120 valence electrons. The van der Waals surface area contributed by atoms with Crippen LogP contribution in [0.4, 0.5) is 0 Å². The Morgan fingerprint density at radius 1 is 1.10 bits per heavy atom. The Morgan fingerprint density at radius 2 is 1.71 bits per heavy atom. The highest BCUT2D eigenvalue weighted by atomic mass is 16.7. The molecule has 0 aliphatic carbocycles. The third kappa shape index (κ3) is 6.57. The van der Waals surface area contributed by atoms with Gasteiger partial charge in [0.25, 0.3) is 0 Å². The molecule has 1 atom stereocenters. The van der Waals surface area contributed by atoms with Gasteiger partial charge in [0.1, 0.15) is 0 Å². The van der Waals surface area contributed by atoms with E-state index < -0.39 is 18.2 Å². The minimum absolute atomic E-state index is 0.0271. The van der Waals surface area contributed by atoms with Crippen molar-refractivity contribution < 1.29 is 28.6 Å². The van der Waals surface area contributed by atoms with Gasteiger partial charge in [0.2, 0.25) is 12.2 Å². The average molecular weight is 301 g/mol. The summed E-state index contributed by atoms with van der Waals surface area (Å²) in [5, 5.41) is 0. The second kappa shape index (κ2) is 8.61. The standard InChI is InChI=1S/C14H23NO6/c1-10(2)14(20-11(3)16)21-13(18)5-4-12(17)15-6-8-19-9-7-15/h10,14H,4-9H2,1-3H3. The van der Waals surface area contributed by atoms with Crippen LogP contribution in [0.1, 0.15) is 33.6 Å². The molecular formula is C14H23NO6. The number of hydrogen-bond acceptors (Lipinski definition) is 6. The lowest BCUT2D eigenvalue weighted by atomic mass is 10.2. The number of hydrogen-bond donors (Lipinski definition) is 0. The fraction of sp³-hybridized carbons (Fsp3) is 0.786. The zero-order valence-electron chi connectivity index (χ0n) is 12.8. The second-order valence-electron chi connectivity index (χ2n) is 5.20. The third-order valence-corrected chi connectivity index (χ3v) is 2.98. The second-order valence-corrected chi connectivity index (χ2v) is 5.20. The Kier molecular flexibility index (Phi) is 7.14. The van der Waals surface area contributed by atoms with Crippen molar-refractivity contribution in [2.45, 2.75) is 39.9 Å². The van der Waals surface area contributed by atoms with Crippen molar-refractivity contribution in [3.63, 3.8) is 0 Å². The van der Waals surface area contributed by atoms with Gasteiger partial charge in [-0.2, -0.15) is 0 Å². The Balaban J connectivity index is 2.34. The number of amides is 1. The highest BCUT2D eigenvalue weighted by molar-refractivity contribution is 5.81. The fourth-order valence-electron chi connectivity index (χ4n) is 1.83. The fourth-order valence-corrected chi connectivity index (χ4v) is 1.83. The van der Waals surface area contributed by atoms with Gasteiger partial charge >= 0.3 is 11.9 Å². The quantitative estimate of drug-likeness (QED) is 0.531. The first-order valence-corrected chi connectivity index (χ1v) is 7.12. The maximum absolute atomic E-state index is 11.9. The van der Waals surface area contributed by atoms with Gasteiger partial charge in [0.05, 0.1) is 19.6 Å². The molecule has 7 heteroatoms. The van der Waals surface area contributed by atoms with Gasteiger partial charge in [-0.15, -0.1) is 0 Å². The molecule has 1 rings (SSSR count). The first-order valence-electron chi connectivity index (χ1n) is 7.12. The number of nitrogens with zero attached hydrogens (tertiary/aromatic N) is 1. The Morgan fingerprint density at radius 3 is 2.24 bits per heavy atom. The maximum Gasteiger partial charge on any atom is 0.309 e. The van der Waals surface area contributed by atoms with Crippen molar-refractivity contribution in [2.75, 3.05) is 26.3 Å². The van der Waals surface area contributed by atoms with Gasteiger partial charge in [-0.3, -0.25) is 14.4 Å². The predicted octanol–water partition coefficient (Wildman–Crippen LogP) is 0.714. The molecule has 0 radical (unpaired) electrons. The average Bonchev–Trinajstić information content (AvgIpc) is 2.44.